The highest BCUT2D eigenvalue weighted by Crippen LogP contribution is 2.37. The van der Waals surface area contributed by atoms with E-state index in [1.54, 1.807) is 17.5 Å². The highest BCUT2D eigenvalue weighted by molar-refractivity contribution is 7.10. The molecule has 1 aromatic heterocycles. The van der Waals surface area contributed by atoms with Crippen molar-refractivity contribution in [2.24, 2.45) is 0 Å². The molecule has 1 nitrogen and oxygen atoms in total. The molecule has 0 aliphatic carbocycles. The molecule has 0 saturated carbocycles. The fraction of sp³-hybridized carbons (Fsp3) is 0.214. The molecule has 0 N–H and O–H groups in total. The number of carbonyl (C=O) groups excluding carboxylic acids is 1. The third-order valence-electron chi connectivity index (χ3n) is 2.87. The SMILES string of the molecule is O=C(Cc1cccs1)c1ccc(C(F)(F)F)cc1C(F)(F)F. The van der Waals surface area contributed by atoms with Gasteiger partial charge in [-0.3, -0.25) is 4.79 Å². The Kier molecular flexibility index (Phi) is 4.32. The predicted octanol–water partition coefficient (Wildman–Crippen LogP) is 5.21. The second-order valence-corrected chi connectivity index (χ2v) is 5.47. The summed E-state index contributed by atoms with van der Waals surface area (Å²) in [6.45, 7) is 0. The van der Waals surface area contributed by atoms with E-state index in [-0.39, 0.29) is 12.5 Å². The van der Waals surface area contributed by atoms with Crippen molar-refractivity contribution in [2.45, 2.75) is 18.8 Å². The summed E-state index contributed by atoms with van der Waals surface area (Å²) < 4.78 is 76.4. The Bertz CT molecular complexity index is 670. The standard InChI is InChI=1S/C14H8F6OS/c15-13(16,17)8-3-4-10(11(6-8)14(18,19)20)12(21)7-9-2-1-5-22-9/h1-6H,7H2. The van der Waals surface area contributed by atoms with Crippen molar-refractivity contribution in [3.05, 3.63) is 57.3 Å². The number of halogens is 6. The molecule has 0 aliphatic heterocycles. The van der Waals surface area contributed by atoms with Gasteiger partial charge in [-0.15, -0.1) is 11.3 Å². The monoisotopic (exact) mass is 338 g/mol. The molecule has 0 atom stereocenters. The lowest BCUT2D eigenvalue weighted by Crippen LogP contribution is -2.17. The van der Waals surface area contributed by atoms with E-state index in [1.807, 2.05) is 0 Å². The van der Waals surface area contributed by atoms with E-state index in [1.165, 1.54) is 11.3 Å². The van der Waals surface area contributed by atoms with Gasteiger partial charge in [0.2, 0.25) is 0 Å². The van der Waals surface area contributed by atoms with Gasteiger partial charge in [0.05, 0.1) is 11.1 Å². The average Bonchev–Trinajstić information content (AvgIpc) is 2.88. The molecule has 0 amide bonds. The van der Waals surface area contributed by atoms with Crippen LogP contribution in [0.1, 0.15) is 26.4 Å². The first kappa shape index (κ1) is 16.5. The lowest BCUT2D eigenvalue weighted by Gasteiger charge is -2.15. The van der Waals surface area contributed by atoms with Crippen LogP contribution in [0.5, 0.6) is 0 Å². The van der Waals surface area contributed by atoms with Crippen molar-refractivity contribution in [1.82, 2.24) is 0 Å². The zero-order chi connectivity index (χ0) is 16.5. The number of Topliss-reactive ketones (excluding diaryl/α,β-unsaturated/α-hetero) is 1. The number of carbonyl (C=O) groups is 1. The van der Waals surface area contributed by atoms with E-state index in [4.69, 9.17) is 0 Å². The van der Waals surface area contributed by atoms with Gasteiger partial charge in [0.15, 0.2) is 5.78 Å². The summed E-state index contributed by atoms with van der Waals surface area (Å²) in [5.41, 5.74) is -3.76. The van der Waals surface area contributed by atoms with E-state index >= 15 is 0 Å². The van der Waals surface area contributed by atoms with Crippen LogP contribution in [0.15, 0.2) is 35.7 Å². The average molecular weight is 338 g/mol. The summed E-state index contributed by atoms with van der Waals surface area (Å²) in [4.78, 5) is 12.5. The molecule has 22 heavy (non-hydrogen) atoms. The lowest BCUT2D eigenvalue weighted by atomic mass is 9.98. The van der Waals surface area contributed by atoms with E-state index in [9.17, 15) is 31.1 Å². The van der Waals surface area contributed by atoms with Crippen molar-refractivity contribution in [3.8, 4) is 0 Å². The summed E-state index contributed by atoms with van der Waals surface area (Å²) in [6.07, 6.45) is -10.2. The zero-order valence-electron chi connectivity index (χ0n) is 10.8. The summed E-state index contributed by atoms with van der Waals surface area (Å²) in [7, 11) is 0. The fourth-order valence-electron chi connectivity index (χ4n) is 1.86. The van der Waals surface area contributed by atoms with Crippen LogP contribution in [0.25, 0.3) is 0 Å². The Morgan fingerprint density at radius 1 is 1.00 bits per heavy atom. The van der Waals surface area contributed by atoms with E-state index in [0.717, 1.165) is 0 Å². The van der Waals surface area contributed by atoms with Crippen LogP contribution in [-0.4, -0.2) is 5.78 Å². The zero-order valence-corrected chi connectivity index (χ0v) is 11.6. The molecule has 0 spiro atoms. The van der Waals surface area contributed by atoms with Crippen molar-refractivity contribution < 1.29 is 31.1 Å². The molecule has 1 heterocycles. The van der Waals surface area contributed by atoms with Crippen LogP contribution in [0, 0.1) is 0 Å². The maximum absolute atomic E-state index is 12.9. The van der Waals surface area contributed by atoms with Crippen molar-refractivity contribution in [2.75, 3.05) is 0 Å². The second kappa shape index (κ2) is 5.75. The van der Waals surface area contributed by atoms with Crippen LogP contribution in [0.4, 0.5) is 26.3 Å². The van der Waals surface area contributed by atoms with Gasteiger partial charge < -0.3 is 0 Å². The van der Waals surface area contributed by atoms with Gasteiger partial charge in [0.1, 0.15) is 0 Å². The number of thiophene rings is 1. The summed E-state index contributed by atoms with van der Waals surface area (Å²) in [5, 5.41) is 1.65. The van der Waals surface area contributed by atoms with Gasteiger partial charge in [-0.25, -0.2) is 0 Å². The molecule has 2 rings (SSSR count). The highest BCUT2D eigenvalue weighted by Gasteiger charge is 2.39. The third kappa shape index (κ3) is 3.68. The molecule has 2 aromatic rings. The molecule has 0 aliphatic rings. The van der Waals surface area contributed by atoms with Crippen LogP contribution in [0.2, 0.25) is 0 Å². The minimum atomic E-state index is -5.04. The van der Waals surface area contributed by atoms with Gasteiger partial charge in [0, 0.05) is 16.9 Å². The van der Waals surface area contributed by atoms with Crippen molar-refractivity contribution in [3.63, 3.8) is 0 Å². The summed E-state index contributed by atoms with van der Waals surface area (Å²) in [5.74, 6) is -0.872. The quantitative estimate of drug-likeness (QED) is 0.554. The molecule has 0 unspecified atom stereocenters. The Balaban J connectivity index is 2.44. The van der Waals surface area contributed by atoms with Crippen LogP contribution < -0.4 is 0 Å². The number of ketones is 1. The maximum atomic E-state index is 12.9. The first-order valence-corrected chi connectivity index (χ1v) is 6.81. The van der Waals surface area contributed by atoms with Gasteiger partial charge in [-0.2, -0.15) is 26.3 Å². The minimum Gasteiger partial charge on any atom is -0.294 e. The van der Waals surface area contributed by atoms with Crippen LogP contribution in [-0.2, 0) is 18.8 Å². The Morgan fingerprint density at radius 3 is 2.18 bits per heavy atom. The van der Waals surface area contributed by atoms with Gasteiger partial charge in [-0.1, -0.05) is 12.1 Å². The number of hydrogen-bond acceptors (Lipinski definition) is 2. The second-order valence-electron chi connectivity index (χ2n) is 4.44. The first-order valence-electron chi connectivity index (χ1n) is 5.93. The molecule has 118 valence electrons. The van der Waals surface area contributed by atoms with Gasteiger partial charge in [-0.05, 0) is 23.6 Å². The Labute approximate surface area is 125 Å². The Morgan fingerprint density at radius 2 is 1.68 bits per heavy atom. The van der Waals surface area contributed by atoms with E-state index in [0.29, 0.717) is 17.0 Å². The normalized spacial score (nSPS) is 12.5. The minimum absolute atomic E-state index is 0.0261. The molecular formula is C14H8F6OS. The molecular weight excluding hydrogens is 330 g/mol. The smallest absolute Gasteiger partial charge is 0.294 e. The molecule has 0 saturated heterocycles. The molecule has 8 heteroatoms. The van der Waals surface area contributed by atoms with Crippen LogP contribution >= 0.6 is 11.3 Å². The van der Waals surface area contributed by atoms with Gasteiger partial charge in [0.25, 0.3) is 0 Å². The third-order valence-corrected chi connectivity index (χ3v) is 3.74. The summed E-state index contributed by atoms with van der Waals surface area (Å²) in [6, 6.07) is 4.24. The Hall–Kier alpha value is -1.83. The molecule has 0 fully saturated rings. The van der Waals surface area contributed by atoms with Crippen LogP contribution in [0.3, 0.4) is 0 Å². The number of benzene rings is 1. The van der Waals surface area contributed by atoms with Crippen molar-refractivity contribution >= 4 is 17.1 Å². The van der Waals surface area contributed by atoms with Gasteiger partial charge >= 0.3 is 12.4 Å². The molecule has 0 radical (unpaired) electrons. The van der Waals surface area contributed by atoms with Crippen molar-refractivity contribution in [1.29, 1.82) is 0 Å². The highest BCUT2D eigenvalue weighted by atomic mass is 32.1. The van der Waals surface area contributed by atoms with E-state index < -0.39 is 34.8 Å². The molecule has 1 aromatic carbocycles. The number of alkyl halides is 6. The van der Waals surface area contributed by atoms with E-state index in [2.05, 4.69) is 0 Å². The largest absolute Gasteiger partial charge is 0.417 e. The predicted molar refractivity (Wildman–Crippen MR) is 68.8 cm³/mol. The number of hydrogen-bond donors (Lipinski definition) is 0. The number of rotatable bonds is 3. The first-order chi connectivity index (χ1) is 10.1. The summed E-state index contributed by atoms with van der Waals surface area (Å²) >= 11 is 1.18. The maximum Gasteiger partial charge on any atom is 0.417 e. The lowest BCUT2D eigenvalue weighted by molar-refractivity contribution is -0.143. The topological polar surface area (TPSA) is 17.1 Å². The fourth-order valence-corrected chi connectivity index (χ4v) is 2.57. The molecule has 0 bridgehead atoms.